The van der Waals surface area contributed by atoms with Crippen LogP contribution in [0.3, 0.4) is 0 Å². The molecule has 5 nitrogen and oxygen atoms in total. The van der Waals surface area contributed by atoms with Gasteiger partial charge in [-0.3, -0.25) is 9.38 Å². The Hall–Kier alpha value is -2.80. The second-order valence-corrected chi connectivity index (χ2v) is 10.5. The van der Waals surface area contributed by atoms with Gasteiger partial charge in [0.2, 0.25) is 0 Å². The second-order valence-electron chi connectivity index (χ2n) is 9.15. The largest absolute Gasteiger partial charge is 0.309 e. The van der Waals surface area contributed by atoms with Gasteiger partial charge in [-0.05, 0) is 62.5 Å². The van der Waals surface area contributed by atoms with E-state index in [1.54, 1.807) is 17.5 Å². The number of rotatable bonds is 5. The summed E-state index contributed by atoms with van der Waals surface area (Å²) in [5.41, 5.74) is 4.99. The lowest BCUT2D eigenvalue weighted by Gasteiger charge is -2.36. The van der Waals surface area contributed by atoms with Gasteiger partial charge in [0.1, 0.15) is 5.82 Å². The van der Waals surface area contributed by atoms with Crippen LogP contribution >= 0.6 is 22.9 Å². The fourth-order valence-electron chi connectivity index (χ4n) is 4.95. The average Bonchev–Trinajstić information content (AvgIpc) is 3.44. The van der Waals surface area contributed by atoms with Crippen molar-refractivity contribution < 1.29 is 0 Å². The summed E-state index contributed by atoms with van der Waals surface area (Å²) in [4.78, 5) is 17.9. The molecule has 0 saturated heterocycles. The summed E-state index contributed by atoms with van der Waals surface area (Å²) in [5, 5.41) is 3.78. The third-order valence-electron chi connectivity index (χ3n) is 6.51. The van der Waals surface area contributed by atoms with E-state index in [-0.39, 0.29) is 0 Å². The Kier molecular flexibility index (Phi) is 5.17. The van der Waals surface area contributed by atoms with Gasteiger partial charge >= 0.3 is 0 Å². The van der Waals surface area contributed by atoms with Gasteiger partial charge in [-0.2, -0.15) is 0 Å². The summed E-state index contributed by atoms with van der Waals surface area (Å²) in [7, 11) is 4.28. The summed E-state index contributed by atoms with van der Waals surface area (Å²) in [6.45, 7) is 1.13. The van der Waals surface area contributed by atoms with Crippen LogP contribution in [0.4, 0.5) is 0 Å². The molecule has 6 rings (SSSR count). The molecule has 0 atom stereocenters. The van der Waals surface area contributed by atoms with E-state index in [9.17, 15) is 0 Å². The van der Waals surface area contributed by atoms with E-state index in [2.05, 4.69) is 64.1 Å². The van der Waals surface area contributed by atoms with Gasteiger partial charge in [0.15, 0.2) is 0 Å². The number of imidazole rings is 1. The van der Waals surface area contributed by atoms with Gasteiger partial charge < -0.3 is 4.90 Å². The molecule has 1 fully saturated rings. The van der Waals surface area contributed by atoms with E-state index in [1.165, 1.54) is 0 Å². The van der Waals surface area contributed by atoms with Crippen molar-refractivity contribution in [2.75, 3.05) is 20.6 Å². The van der Waals surface area contributed by atoms with Crippen LogP contribution in [0.25, 0.3) is 38.4 Å². The maximum Gasteiger partial charge on any atom is 0.146 e. The molecule has 166 valence electrons. The lowest BCUT2D eigenvalue weighted by Crippen LogP contribution is -2.31. The van der Waals surface area contributed by atoms with E-state index in [0.717, 1.165) is 69.4 Å². The summed E-state index contributed by atoms with van der Waals surface area (Å²) in [6, 6.07) is 12.4. The van der Waals surface area contributed by atoms with Gasteiger partial charge in [0.25, 0.3) is 0 Å². The number of hydrogen-bond donors (Lipinski definition) is 0. The minimum atomic E-state index is 0.464. The van der Waals surface area contributed by atoms with Crippen molar-refractivity contribution >= 4 is 39.4 Å². The molecule has 5 aromatic rings. The number of fused-ring (bicyclic) bond motifs is 2. The van der Waals surface area contributed by atoms with E-state index in [1.807, 2.05) is 18.5 Å². The van der Waals surface area contributed by atoms with Crippen molar-refractivity contribution in [3.05, 3.63) is 71.1 Å². The highest BCUT2D eigenvalue weighted by atomic mass is 35.5. The predicted octanol–water partition coefficient (Wildman–Crippen LogP) is 6.38. The zero-order chi connectivity index (χ0) is 22.5. The molecular formula is C26H24ClN5S. The van der Waals surface area contributed by atoms with Crippen LogP contribution < -0.4 is 0 Å². The fraction of sp³-hybridized carbons (Fsp3) is 0.269. The Balaban J connectivity index is 1.44. The standard InChI is InChI=1S/C26H24ClN5S/c1-31(2)15-16-10-18(11-16)25-23-14-28-7-8-32(23)26(30-25)19-13-22-17(12-20(19)27)5-6-21(29-22)24-4-3-9-33-24/h3-9,12-14,16,18H,10-11,15H2,1-2H3. The molecule has 0 unspecified atom stereocenters. The van der Waals surface area contributed by atoms with Crippen molar-refractivity contribution in [1.82, 2.24) is 24.3 Å². The van der Waals surface area contributed by atoms with Crippen LogP contribution in [0.15, 0.2) is 60.4 Å². The Morgan fingerprint density at radius 1 is 1.15 bits per heavy atom. The molecule has 4 heterocycles. The molecule has 0 N–H and O–H groups in total. The lowest BCUT2D eigenvalue weighted by atomic mass is 9.73. The molecule has 4 aromatic heterocycles. The van der Waals surface area contributed by atoms with Crippen molar-refractivity contribution in [3.8, 4) is 22.0 Å². The summed E-state index contributed by atoms with van der Waals surface area (Å²) in [5.74, 6) is 2.05. The first-order chi connectivity index (χ1) is 16.1. The summed E-state index contributed by atoms with van der Waals surface area (Å²) >= 11 is 8.49. The first-order valence-corrected chi connectivity index (χ1v) is 12.4. The topological polar surface area (TPSA) is 46.3 Å². The number of hydrogen-bond acceptors (Lipinski definition) is 5. The van der Waals surface area contributed by atoms with Gasteiger partial charge in [-0.15, -0.1) is 11.3 Å². The molecule has 1 aliphatic carbocycles. The van der Waals surface area contributed by atoms with Crippen LogP contribution in [0.2, 0.25) is 5.02 Å². The minimum absolute atomic E-state index is 0.464. The number of thiophene rings is 1. The quantitative estimate of drug-likeness (QED) is 0.297. The monoisotopic (exact) mass is 473 g/mol. The first kappa shape index (κ1) is 20.8. The summed E-state index contributed by atoms with van der Waals surface area (Å²) in [6.07, 6.45) is 8.03. The smallest absolute Gasteiger partial charge is 0.146 e. The van der Waals surface area contributed by atoms with Crippen LogP contribution in [0.1, 0.15) is 24.5 Å². The molecule has 1 saturated carbocycles. The third kappa shape index (κ3) is 3.72. The van der Waals surface area contributed by atoms with Crippen molar-refractivity contribution in [1.29, 1.82) is 0 Å². The normalized spacial score (nSPS) is 18.3. The Morgan fingerprint density at radius 3 is 2.82 bits per heavy atom. The molecule has 33 heavy (non-hydrogen) atoms. The van der Waals surface area contributed by atoms with Crippen molar-refractivity contribution in [3.63, 3.8) is 0 Å². The van der Waals surface area contributed by atoms with Gasteiger partial charge in [-0.1, -0.05) is 23.7 Å². The SMILES string of the molecule is CN(C)CC1CC(c2nc(-c3cc4nc(-c5cccs5)ccc4cc3Cl)n3ccncc23)C1. The molecule has 0 bridgehead atoms. The Labute approximate surface area is 201 Å². The number of halogens is 1. The van der Waals surface area contributed by atoms with E-state index in [4.69, 9.17) is 21.6 Å². The number of benzene rings is 1. The zero-order valence-electron chi connectivity index (χ0n) is 18.6. The highest BCUT2D eigenvalue weighted by Gasteiger charge is 2.34. The minimum Gasteiger partial charge on any atom is -0.309 e. The fourth-order valence-corrected chi connectivity index (χ4v) is 5.90. The molecular weight excluding hydrogens is 450 g/mol. The number of nitrogens with zero attached hydrogens (tertiary/aromatic N) is 5. The maximum atomic E-state index is 6.79. The molecule has 7 heteroatoms. The van der Waals surface area contributed by atoms with E-state index >= 15 is 0 Å². The van der Waals surface area contributed by atoms with Gasteiger partial charge in [0, 0.05) is 35.8 Å². The third-order valence-corrected chi connectivity index (χ3v) is 7.72. The second kappa shape index (κ2) is 8.20. The summed E-state index contributed by atoms with van der Waals surface area (Å²) < 4.78 is 2.12. The van der Waals surface area contributed by atoms with Gasteiger partial charge in [0.05, 0.1) is 38.5 Å². The Morgan fingerprint density at radius 2 is 2.03 bits per heavy atom. The number of aromatic nitrogens is 4. The molecule has 1 aromatic carbocycles. The maximum absolute atomic E-state index is 6.79. The van der Waals surface area contributed by atoms with Crippen LogP contribution in [0, 0.1) is 5.92 Å². The van der Waals surface area contributed by atoms with Crippen LogP contribution in [0.5, 0.6) is 0 Å². The highest BCUT2D eigenvalue weighted by molar-refractivity contribution is 7.13. The van der Waals surface area contributed by atoms with E-state index in [0.29, 0.717) is 10.9 Å². The molecule has 1 aliphatic rings. The molecule has 0 amide bonds. The van der Waals surface area contributed by atoms with Crippen LogP contribution in [-0.2, 0) is 0 Å². The highest BCUT2D eigenvalue weighted by Crippen LogP contribution is 2.44. The van der Waals surface area contributed by atoms with Crippen LogP contribution in [-0.4, -0.2) is 44.9 Å². The van der Waals surface area contributed by atoms with E-state index < -0.39 is 0 Å². The Bertz CT molecular complexity index is 1450. The van der Waals surface area contributed by atoms with Crippen molar-refractivity contribution in [2.45, 2.75) is 18.8 Å². The molecule has 0 aliphatic heterocycles. The predicted molar refractivity (Wildman–Crippen MR) is 136 cm³/mol. The number of pyridine rings is 1. The molecule has 0 spiro atoms. The van der Waals surface area contributed by atoms with Crippen molar-refractivity contribution in [2.24, 2.45) is 5.92 Å². The zero-order valence-corrected chi connectivity index (χ0v) is 20.1. The first-order valence-electron chi connectivity index (χ1n) is 11.2. The van der Waals surface area contributed by atoms with Gasteiger partial charge in [-0.25, -0.2) is 9.97 Å². The molecule has 0 radical (unpaired) electrons. The average molecular weight is 474 g/mol. The lowest BCUT2D eigenvalue weighted by molar-refractivity contribution is 0.198.